The molecule has 31 heavy (non-hydrogen) atoms. The van der Waals surface area contributed by atoms with Crippen molar-refractivity contribution in [1.82, 2.24) is 4.90 Å². The summed E-state index contributed by atoms with van der Waals surface area (Å²) in [7, 11) is 0. The molecule has 3 aromatic rings. The van der Waals surface area contributed by atoms with Crippen LogP contribution in [0, 0.1) is 6.92 Å². The lowest BCUT2D eigenvalue weighted by Crippen LogP contribution is -2.39. The monoisotopic (exact) mass is 412 g/mol. The molecule has 0 aliphatic carbocycles. The van der Waals surface area contributed by atoms with Gasteiger partial charge in [-0.25, -0.2) is 0 Å². The fourth-order valence-electron chi connectivity index (χ4n) is 4.09. The highest BCUT2D eigenvalue weighted by Crippen LogP contribution is 2.37. The third-order valence-electron chi connectivity index (χ3n) is 5.78. The van der Waals surface area contributed by atoms with E-state index >= 15 is 0 Å². The van der Waals surface area contributed by atoms with Crippen LogP contribution in [-0.2, 0) is 10.2 Å². The summed E-state index contributed by atoms with van der Waals surface area (Å²) in [4.78, 5) is 28.1. The molecular formula is C27H28N2O2. The highest BCUT2D eigenvalue weighted by atomic mass is 16.2. The van der Waals surface area contributed by atoms with Gasteiger partial charge in [0.2, 0.25) is 5.91 Å². The van der Waals surface area contributed by atoms with Crippen molar-refractivity contribution in [1.29, 1.82) is 0 Å². The quantitative estimate of drug-likeness (QED) is 0.606. The number of hydrogen-bond donors (Lipinski definition) is 1. The molecule has 1 atom stereocenters. The lowest BCUT2D eigenvalue weighted by Gasteiger charge is -2.31. The van der Waals surface area contributed by atoms with Crippen LogP contribution in [0.3, 0.4) is 0 Å². The number of aryl methyl sites for hydroxylation is 1. The molecule has 2 amide bonds. The average Bonchev–Trinajstić information content (AvgIpc) is 2.89. The van der Waals surface area contributed by atoms with Gasteiger partial charge in [-0.05, 0) is 41.7 Å². The summed E-state index contributed by atoms with van der Waals surface area (Å²) in [6.07, 6.45) is 0. The molecule has 1 unspecified atom stereocenters. The van der Waals surface area contributed by atoms with Crippen LogP contribution in [0.5, 0.6) is 0 Å². The van der Waals surface area contributed by atoms with Crippen molar-refractivity contribution in [3.8, 4) is 0 Å². The molecule has 1 aliphatic rings. The van der Waals surface area contributed by atoms with Crippen LogP contribution in [0.4, 0.5) is 5.69 Å². The Balaban J connectivity index is 1.82. The van der Waals surface area contributed by atoms with E-state index < -0.39 is 0 Å². The minimum absolute atomic E-state index is 0.00680. The average molecular weight is 413 g/mol. The van der Waals surface area contributed by atoms with Crippen LogP contribution in [0.25, 0.3) is 0 Å². The maximum Gasteiger partial charge on any atom is 0.255 e. The summed E-state index contributed by atoms with van der Waals surface area (Å²) in [6.45, 7) is 8.45. The summed E-state index contributed by atoms with van der Waals surface area (Å²) in [5, 5.41) is 2.98. The Morgan fingerprint density at radius 3 is 2.29 bits per heavy atom. The van der Waals surface area contributed by atoms with E-state index in [2.05, 4.69) is 32.2 Å². The maximum atomic E-state index is 13.7. The number of hydrogen-bond acceptors (Lipinski definition) is 2. The molecule has 0 radical (unpaired) electrons. The zero-order valence-electron chi connectivity index (χ0n) is 18.5. The van der Waals surface area contributed by atoms with E-state index in [9.17, 15) is 9.59 Å². The van der Waals surface area contributed by atoms with Crippen molar-refractivity contribution in [3.63, 3.8) is 0 Å². The standard InChI is InChI=1S/C27H28N2O2/c1-18-10-15-23-22(16-18)25(19-8-6-5-7-9-19)29(17-24(30)28-23)26(31)20-11-13-21(14-12-20)27(2,3)4/h5-16,25H,17H2,1-4H3,(H,28,30). The Bertz CT molecular complexity index is 1110. The second-order valence-electron chi connectivity index (χ2n) is 9.21. The first-order chi connectivity index (χ1) is 14.7. The highest BCUT2D eigenvalue weighted by Gasteiger charge is 2.34. The second-order valence-corrected chi connectivity index (χ2v) is 9.21. The summed E-state index contributed by atoms with van der Waals surface area (Å²) in [5.74, 6) is -0.345. The molecule has 1 aliphatic heterocycles. The van der Waals surface area contributed by atoms with Gasteiger partial charge in [-0.1, -0.05) is 80.9 Å². The molecule has 0 fully saturated rings. The van der Waals surface area contributed by atoms with Gasteiger partial charge in [0.15, 0.2) is 0 Å². The third-order valence-corrected chi connectivity index (χ3v) is 5.78. The molecular weight excluding hydrogens is 384 g/mol. The van der Waals surface area contributed by atoms with E-state index in [1.165, 1.54) is 5.56 Å². The molecule has 4 rings (SSSR count). The van der Waals surface area contributed by atoms with Gasteiger partial charge >= 0.3 is 0 Å². The number of anilines is 1. The molecule has 158 valence electrons. The smallest absolute Gasteiger partial charge is 0.255 e. The Hall–Kier alpha value is -3.40. The molecule has 0 spiro atoms. The van der Waals surface area contributed by atoms with E-state index in [-0.39, 0.29) is 29.8 Å². The van der Waals surface area contributed by atoms with Crippen LogP contribution >= 0.6 is 0 Å². The number of amides is 2. The summed E-state index contributed by atoms with van der Waals surface area (Å²) >= 11 is 0. The zero-order valence-corrected chi connectivity index (χ0v) is 18.5. The van der Waals surface area contributed by atoms with Gasteiger partial charge in [-0.2, -0.15) is 0 Å². The Morgan fingerprint density at radius 2 is 1.65 bits per heavy atom. The van der Waals surface area contributed by atoms with Crippen molar-refractivity contribution in [3.05, 3.63) is 101 Å². The SMILES string of the molecule is Cc1ccc2c(c1)C(c1ccccc1)N(C(=O)c1ccc(C(C)(C)C)cc1)CC(=O)N2. The van der Waals surface area contributed by atoms with Crippen molar-refractivity contribution in [2.75, 3.05) is 11.9 Å². The van der Waals surface area contributed by atoms with E-state index in [1.54, 1.807) is 4.90 Å². The van der Waals surface area contributed by atoms with Crippen LogP contribution in [0.2, 0.25) is 0 Å². The van der Waals surface area contributed by atoms with Gasteiger partial charge in [0, 0.05) is 16.8 Å². The van der Waals surface area contributed by atoms with Gasteiger partial charge in [-0.3, -0.25) is 9.59 Å². The highest BCUT2D eigenvalue weighted by molar-refractivity contribution is 6.01. The van der Waals surface area contributed by atoms with Crippen LogP contribution in [0.1, 0.15) is 59.4 Å². The van der Waals surface area contributed by atoms with Crippen LogP contribution in [-0.4, -0.2) is 23.3 Å². The topological polar surface area (TPSA) is 49.4 Å². The number of fused-ring (bicyclic) bond motifs is 1. The number of carbonyl (C=O) groups is 2. The molecule has 0 aromatic heterocycles. The van der Waals surface area contributed by atoms with Crippen molar-refractivity contribution < 1.29 is 9.59 Å². The molecule has 1 N–H and O–H groups in total. The van der Waals surface area contributed by atoms with Gasteiger partial charge in [0.25, 0.3) is 5.91 Å². The normalized spacial score (nSPS) is 16.3. The van der Waals surface area contributed by atoms with Crippen LogP contribution in [0.15, 0.2) is 72.8 Å². The van der Waals surface area contributed by atoms with E-state index in [4.69, 9.17) is 0 Å². The number of benzene rings is 3. The summed E-state index contributed by atoms with van der Waals surface area (Å²) in [5.41, 5.74) is 5.49. The van der Waals surface area contributed by atoms with Crippen LogP contribution < -0.4 is 5.32 Å². The van der Waals surface area contributed by atoms with Gasteiger partial charge in [0.05, 0.1) is 6.04 Å². The molecule has 0 saturated carbocycles. The molecule has 1 heterocycles. The van der Waals surface area contributed by atoms with Crippen molar-refractivity contribution in [2.24, 2.45) is 0 Å². The number of nitrogens with one attached hydrogen (secondary N) is 1. The number of rotatable bonds is 2. The predicted molar refractivity (Wildman–Crippen MR) is 124 cm³/mol. The maximum absolute atomic E-state index is 13.7. The zero-order chi connectivity index (χ0) is 22.2. The lowest BCUT2D eigenvalue weighted by molar-refractivity contribution is -0.117. The van der Waals surface area contributed by atoms with Gasteiger partial charge in [-0.15, -0.1) is 0 Å². The fourth-order valence-corrected chi connectivity index (χ4v) is 4.09. The summed E-state index contributed by atoms with van der Waals surface area (Å²) in [6, 6.07) is 23.2. The predicted octanol–water partition coefficient (Wildman–Crippen LogP) is 5.48. The first kappa shape index (κ1) is 20.9. The first-order valence-electron chi connectivity index (χ1n) is 10.6. The number of carbonyl (C=O) groups excluding carboxylic acids is 2. The molecule has 4 nitrogen and oxygen atoms in total. The third kappa shape index (κ3) is 4.24. The largest absolute Gasteiger partial charge is 0.324 e. The molecule has 4 heteroatoms. The minimum Gasteiger partial charge on any atom is -0.324 e. The Kier molecular flexibility index (Phi) is 5.40. The fraction of sp³-hybridized carbons (Fsp3) is 0.259. The van der Waals surface area contributed by atoms with Gasteiger partial charge in [0.1, 0.15) is 6.54 Å². The Labute approximate surface area is 183 Å². The van der Waals surface area contributed by atoms with Crippen molar-refractivity contribution in [2.45, 2.75) is 39.2 Å². The Morgan fingerprint density at radius 1 is 0.968 bits per heavy atom. The molecule has 0 saturated heterocycles. The van der Waals surface area contributed by atoms with E-state index in [0.717, 1.165) is 22.4 Å². The van der Waals surface area contributed by atoms with Crippen molar-refractivity contribution >= 4 is 17.5 Å². The number of nitrogens with zero attached hydrogens (tertiary/aromatic N) is 1. The van der Waals surface area contributed by atoms with E-state index in [0.29, 0.717) is 5.56 Å². The first-order valence-corrected chi connectivity index (χ1v) is 10.6. The molecule has 0 bridgehead atoms. The van der Waals surface area contributed by atoms with E-state index in [1.807, 2.05) is 73.7 Å². The minimum atomic E-state index is -0.357. The summed E-state index contributed by atoms with van der Waals surface area (Å²) < 4.78 is 0. The lowest BCUT2D eigenvalue weighted by atomic mass is 9.86. The van der Waals surface area contributed by atoms with Gasteiger partial charge < -0.3 is 10.2 Å². The second kappa shape index (κ2) is 8.03. The molecule has 3 aromatic carbocycles.